The molecule has 1 fully saturated rings. The SMILES string of the molecule is C[Si](C)(C)CCOCOCc1nc2c(OCC3CCCCC3O)c(Cl)c(Cl)cc2n1COCC[Si](C)(C)C. The van der Waals surface area contributed by atoms with E-state index in [0.717, 1.165) is 43.3 Å². The van der Waals surface area contributed by atoms with Crippen LogP contribution in [-0.2, 0) is 27.5 Å². The molecule has 11 heteroatoms. The van der Waals surface area contributed by atoms with E-state index in [-0.39, 0.29) is 25.4 Å². The Morgan fingerprint density at radius 3 is 2.29 bits per heavy atom. The molecule has 0 amide bonds. The number of halogens is 2. The average molecular weight is 606 g/mol. The van der Waals surface area contributed by atoms with E-state index in [1.165, 1.54) is 0 Å². The minimum Gasteiger partial charge on any atom is -0.489 e. The predicted molar refractivity (Wildman–Crippen MR) is 161 cm³/mol. The Morgan fingerprint density at radius 2 is 1.63 bits per heavy atom. The molecule has 0 spiro atoms. The summed E-state index contributed by atoms with van der Waals surface area (Å²) in [5.41, 5.74) is 1.40. The molecule has 38 heavy (non-hydrogen) atoms. The number of aromatic nitrogens is 2. The highest BCUT2D eigenvalue weighted by atomic mass is 35.5. The van der Waals surface area contributed by atoms with Crippen molar-refractivity contribution in [3.63, 3.8) is 0 Å². The summed E-state index contributed by atoms with van der Waals surface area (Å²) in [6.45, 7) is 16.5. The van der Waals surface area contributed by atoms with E-state index >= 15 is 0 Å². The van der Waals surface area contributed by atoms with E-state index in [2.05, 4.69) is 39.3 Å². The maximum absolute atomic E-state index is 10.4. The smallest absolute Gasteiger partial charge is 0.167 e. The molecule has 2 aromatic rings. The maximum atomic E-state index is 10.4. The summed E-state index contributed by atoms with van der Waals surface area (Å²) in [6.07, 6.45) is 3.51. The van der Waals surface area contributed by atoms with Crippen LogP contribution in [-0.4, -0.2) is 63.5 Å². The van der Waals surface area contributed by atoms with E-state index in [1.807, 2.05) is 10.6 Å². The number of ether oxygens (including phenoxy) is 4. The van der Waals surface area contributed by atoms with Crippen LogP contribution in [0.15, 0.2) is 6.07 Å². The second kappa shape index (κ2) is 14.3. The van der Waals surface area contributed by atoms with Gasteiger partial charge in [-0.05, 0) is 31.0 Å². The van der Waals surface area contributed by atoms with Crippen molar-refractivity contribution in [2.75, 3.05) is 26.6 Å². The van der Waals surface area contributed by atoms with E-state index < -0.39 is 16.1 Å². The van der Waals surface area contributed by atoms with Crippen LogP contribution < -0.4 is 4.74 Å². The molecule has 1 heterocycles. The molecule has 1 N–H and O–H groups in total. The topological polar surface area (TPSA) is 75.0 Å². The molecule has 0 aliphatic heterocycles. The molecule has 1 saturated carbocycles. The van der Waals surface area contributed by atoms with Gasteiger partial charge in [-0.3, -0.25) is 0 Å². The first-order chi connectivity index (χ1) is 17.9. The van der Waals surface area contributed by atoms with Gasteiger partial charge in [-0.25, -0.2) is 4.98 Å². The lowest BCUT2D eigenvalue weighted by atomic mass is 9.87. The summed E-state index contributed by atoms with van der Waals surface area (Å²) in [4.78, 5) is 4.87. The van der Waals surface area contributed by atoms with Crippen molar-refractivity contribution in [2.24, 2.45) is 5.92 Å². The van der Waals surface area contributed by atoms with Crippen molar-refractivity contribution in [3.05, 3.63) is 21.9 Å². The van der Waals surface area contributed by atoms with Gasteiger partial charge in [0.15, 0.2) is 5.75 Å². The zero-order chi connectivity index (χ0) is 27.9. The molecular weight excluding hydrogens is 559 g/mol. The molecule has 2 atom stereocenters. The largest absolute Gasteiger partial charge is 0.489 e. The van der Waals surface area contributed by atoms with Gasteiger partial charge in [-0.2, -0.15) is 0 Å². The molecule has 0 radical (unpaired) electrons. The quantitative estimate of drug-likeness (QED) is 0.129. The molecule has 1 aliphatic carbocycles. The van der Waals surface area contributed by atoms with Gasteiger partial charge in [-0.1, -0.05) is 75.3 Å². The van der Waals surface area contributed by atoms with Crippen molar-refractivity contribution in [3.8, 4) is 5.75 Å². The highest BCUT2D eigenvalue weighted by Crippen LogP contribution is 2.40. The molecule has 216 valence electrons. The Balaban J connectivity index is 1.79. The maximum Gasteiger partial charge on any atom is 0.167 e. The number of benzene rings is 1. The highest BCUT2D eigenvalue weighted by Gasteiger charge is 2.26. The Labute approximate surface area is 240 Å². The monoisotopic (exact) mass is 604 g/mol. The number of nitrogens with zero attached hydrogens (tertiary/aromatic N) is 2. The number of fused-ring (bicyclic) bond motifs is 1. The van der Waals surface area contributed by atoms with Gasteiger partial charge in [-0.15, -0.1) is 0 Å². The summed E-state index contributed by atoms with van der Waals surface area (Å²) in [5, 5.41) is 11.1. The summed E-state index contributed by atoms with van der Waals surface area (Å²) in [5.74, 6) is 1.21. The van der Waals surface area contributed by atoms with E-state index in [1.54, 1.807) is 0 Å². The summed E-state index contributed by atoms with van der Waals surface area (Å²) in [6, 6.07) is 3.97. The van der Waals surface area contributed by atoms with Crippen molar-refractivity contribution in [2.45, 2.75) is 96.5 Å². The van der Waals surface area contributed by atoms with Crippen LogP contribution in [0, 0.1) is 5.92 Å². The zero-order valence-electron chi connectivity index (χ0n) is 23.9. The van der Waals surface area contributed by atoms with Gasteiger partial charge in [0.1, 0.15) is 36.5 Å². The van der Waals surface area contributed by atoms with Gasteiger partial charge in [0.25, 0.3) is 0 Å². The van der Waals surface area contributed by atoms with Gasteiger partial charge in [0, 0.05) is 35.3 Å². The van der Waals surface area contributed by atoms with Crippen LogP contribution in [0.4, 0.5) is 0 Å². The van der Waals surface area contributed by atoms with Crippen LogP contribution in [0.25, 0.3) is 11.0 Å². The predicted octanol–water partition coefficient (Wildman–Crippen LogP) is 7.41. The third kappa shape index (κ3) is 9.76. The third-order valence-electron chi connectivity index (χ3n) is 6.90. The average Bonchev–Trinajstić information content (AvgIpc) is 3.15. The molecule has 3 rings (SSSR count). The van der Waals surface area contributed by atoms with Crippen molar-refractivity contribution < 1.29 is 24.1 Å². The van der Waals surface area contributed by atoms with Crippen LogP contribution in [0.2, 0.25) is 61.4 Å². The Morgan fingerprint density at radius 1 is 0.974 bits per heavy atom. The van der Waals surface area contributed by atoms with Crippen LogP contribution >= 0.6 is 23.2 Å². The van der Waals surface area contributed by atoms with Gasteiger partial charge in [0.05, 0.1) is 23.3 Å². The fourth-order valence-corrected chi connectivity index (χ4v) is 6.25. The molecule has 7 nitrogen and oxygen atoms in total. The molecule has 0 saturated heterocycles. The Bertz CT molecular complexity index is 1040. The molecule has 1 aromatic heterocycles. The fraction of sp³-hybridized carbons (Fsp3) is 0.741. The lowest BCUT2D eigenvalue weighted by molar-refractivity contribution is -0.0609. The van der Waals surface area contributed by atoms with Gasteiger partial charge >= 0.3 is 0 Å². The van der Waals surface area contributed by atoms with Crippen molar-refractivity contribution >= 4 is 50.4 Å². The zero-order valence-corrected chi connectivity index (χ0v) is 27.5. The Hall–Kier alpha value is -0.656. The molecular formula is C27H46Cl2N2O5Si2. The highest BCUT2D eigenvalue weighted by molar-refractivity contribution is 6.76. The lowest BCUT2D eigenvalue weighted by Gasteiger charge is -2.27. The van der Waals surface area contributed by atoms with Crippen LogP contribution in [0.5, 0.6) is 5.75 Å². The van der Waals surface area contributed by atoms with Gasteiger partial charge in [0.2, 0.25) is 0 Å². The second-order valence-corrected chi connectivity index (χ2v) is 24.8. The number of imidazole rings is 1. The van der Waals surface area contributed by atoms with E-state index in [0.29, 0.717) is 53.7 Å². The summed E-state index contributed by atoms with van der Waals surface area (Å²) >= 11 is 13.2. The molecule has 0 bridgehead atoms. The number of aliphatic hydroxyl groups is 1. The molecule has 2 unspecified atom stereocenters. The number of hydrogen-bond acceptors (Lipinski definition) is 6. The number of aliphatic hydroxyl groups excluding tert-OH is 1. The van der Waals surface area contributed by atoms with Crippen LogP contribution in [0.1, 0.15) is 31.5 Å². The fourth-order valence-electron chi connectivity index (χ4n) is 4.34. The first kappa shape index (κ1) is 31.9. The van der Waals surface area contributed by atoms with Crippen molar-refractivity contribution in [1.82, 2.24) is 9.55 Å². The summed E-state index contributed by atoms with van der Waals surface area (Å²) in [7, 11) is -2.37. The first-order valence-corrected chi connectivity index (χ1v) is 21.9. The normalized spacial score (nSPS) is 18.9. The van der Waals surface area contributed by atoms with E-state index in [9.17, 15) is 5.11 Å². The minimum atomic E-state index is -1.22. The number of rotatable bonds is 15. The first-order valence-electron chi connectivity index (χ1n) is 13.8. The second-order valence-electron chi connectivity index (χ2n) is 12.8. The molecule has 1 aliphatic rings. The third-order valence-corrected chi connectivity index (χ3v) is 11.1. The minimum absolute atomic E-state index is 0.0666. The summed E-state index contributed by atoms with van der Waals surface area (Å²) < 4.78 is 25.9. The lowest BCUT2D eigenvalue weighted by Crippen LogP contribution is -2.29. The van der Waals surface area contributed by atoms with Gasteiger partial charge < -0.3 is 28.6 Å². The van der Waals surface area contributed by atoms with E-state index in [4.69, 9.17) is 47.1 Å². The van der Waals surface area contributed by atoms with Crippen LogP contribution in [0.3, 0.4) is 0 Å². The standard InChI is InChI=1S/C27H46Cl2N2O5Si2/c1-37(2,3)13-11-33-18-31-22-15-21(28)25(29)27(36-16-20-9-7-8-10-23(20)32)26(22)30-24(31)17-35-19-34-12-14-38(4,5)6/h15,20,23,32H,7-14,16-19H2,1-6H3. The number of hydrogen-bond donors (Lipinski definition) is 1. The van der Waals surface area contributed by atoms with Crippen molar-refractivity contribution in [1.29, 1.82) is 0 Å². The Kier molecular flexibility index (Phi) is 12.0. The molecule has 1 aromatic carbocycles.